The minimum absolute atomic E-state index is 0.138. The van der Waals surface area contributed by atoms with E-state index in [4.69, 9.17) is 11.6 Å². The summed E-state index contributed by atoms with van der Waals surface area (Å²) in [5.41, 5.74) is 1.75. The molecule has 1 fully saturated rings. The van der Waals surface area contributed by atoms with Crippen LogP contribution in [0.1, 0.15) is 32.6 Å². The summed E-state index contributed by atoms with van der Waals surface area (Å²) in [4.78, 5) is 31.1. The number of halogens is 1. The number of likely N-dealkylation sites (tertiary alicyclic amines) is 1. The van der Waals surface area contributed by atoms with Crippen molar-refractivity contribution in [2.75, 3.05) is 23.4 Å². The molecule has 0 aliphatic carbocycles. The Balaban J connectivity index is 1.44. The molecule has 1 saturated heterocycles. The third-order valence-electron chi connectivity index (χ3n) is 4.77. The van der Waals surface area contributed by atoms with Crippen molar-refractivity contribution in [3.63, 3.8) is 0 Å². The second-order valence-corrected chi connectivity index (χ2v) is 9.01. The first-order valence-corrected chi connectivity index (χ1v) is 11.9. The molecule has 1 aromatic carbocycles. The van der Waals surface area contributed by atoms with E-state index < -0.39 is 0 Å². The normalized spacial score (nSPS) is 16.8. The lowest BCUT2D eigenvalue weighted by Crippen LogP contribution is -2.44. The number of nitrogens with one attached hydrogen (secondary N) is 1. The molecule has 3 rings (SSSR count). The smallest absolute Gasteiger partial charge is 0.236 e. The third-order valence-corrected chi connectivity index (χ3v) is 6.70. The predicted molar refractivity (Wildman–Crippen MR) is 118 cm³/mol. The van der Waals surface area contributed by atoms with E-state index in [0.717, 1.165) is 37.1 Å². The van der Waals surface area contributed by atoms with Gasteiger partial charge in [-0.1, -0.05) is 30.7 Å². The van der Waals surface area contributed by atoms with E-state index >= 15 is 0 Å². The Morgan fingerprint density at radius 1 is 1.29 bits per heavy atom. The van der Waals surface area contributed by atoms with Crippen LogP contribution in [0.2, 0.25) is 5.02 Å². The third kappa shape index (κ3) is 5.72. The average Bonchev–Trinajstić information content (AvgIpc) is 3.16. The number of nitrogens with zero attached hydrogens (tertiary/aromatic N) is 2. The molecule has 2 heterocycles. The van der Waals surface area contributed by atoms with Crippen molar-refractivity contribution in [3.05, 3.63) is 34.7 Å². The van der Waals surface area contributed by atoms with Gasteiger partial charge in [0.25, 0.3) is 0 Å². The number of carbonyl (C=O) groups is 2. The van der Waals surface area contributed by atoms with Gasteiger partial charge < -0.3 is 10.2 Å². The molecule has 1 aliphatic rings. The largest absolute Gasteiger partial charge is 0.339 e. The number of hydrogen-bond acceptors (Lipinski definition) is 5. The molecule has 2 aromatic rings. The number of hydrogen-bond donors (Lipinski definition) is 1. The molecular weight excluding hydrogens is 414 g/mol. The van der Waals surface area contributed by atoms with Crippen molar-refractivity contribution >= 4 is 51.6 Å². The van der Waals surface area contributed by atoms with Crippen molar-refractivity contribution in [2.45, 2.75) is 38.6 Å². The van der Waals surface area contributed by atoms with Crippen LogP contribution in [0.4, 0.5) is 5.13 Å². The number of piperidine rings is 1. The molecule has 0 radical (unpaired) electrons. The lowest BCUT2D eigenvalue weighted by atomic mass is 10.0. The summed E-state index contributed by atoms with van der Waals surface area (Å²) in [6.45, 7) is 2.97. The van der Waals surface area contributed by atoms with E-state index in [1.165, 1.54) is 29.5 Å². The first-order valence-electron chi connectivity index (χ1n) is 9.45. The minimum atomic E-state index is -0.138. The van der Waals surface area contributed by atoms with Gasteiger partial charge in [-0.15, -0.1) is 23.1 Å². The molecule has 5 nitrogen and oxygen atoms in total. The van der Waals surface area contributed by atoms with Gasteiger partial charge in [0.05, 0.1) is 17.2 Å². The highest BCUT2D eigenvalue weighted by atomic mass is 35.5. The Labute approximate surface area is 178 Å². The maximum atomic E-state index is 12.4. The molecule has 150 valence electrons. The van der Waals surface area contributed by atoms with Crippen LogP contribution >= 0.6 is 34.7 Å². The second-order valence-electron chi connectivity index (χ2n) is 6.73. The summed E-state index contributed by atoms with van der Waals surface area (Å²) >= 11 is 8.65. The first kappa shape index (κ1) is 21.1. The van der Waals surface area contributed by atoms with Gasteiger partial charge in [0.2, 0.25) is 11.8 Å². The Bertz CT molecular complexity index is 810. The molecule has 28 heavy (non-hydrogen) atoms. The Morgan fingerprint density at radius 2 is 2.07 bits per heavy atom. The van der Waals surface area contributed by atoms with E-state index in [2.05, 4.69) is 17.2 Å². The topological polar surface area (TPSA) is 62.3 Å². The van der Waals surface area contributed by atoms with E-state index in [9.17, 15) is 9.59 Å². The Hall–Kier alpha value is -1.57. The van der Waals surface area contributed by atoms with Crippen LogP contribution in [-0.2, 0) is 9.59 Å². The average molecular weight is 438 g/mol. The molecule has 2 amide bonds. The first-order chi connectivity index (χ1) is 13.6. The Kier molecular flexibility index (Phi) is 7.76. The molecule has 0 bridgehead atoms. The van der Waals surface area contributed by atoms with Crippen LogP contribution in [0, 0.1) is 0 Å². The summed E-state index contributed by atoms with van der Waals surface area (Å²) in [7, 11) is 0. The van der Waals surface area contributed by atoms with Crippen LogP contribution in [0.5, 0.6) is 0 Å². The summed E-state index contributed by atoms with van der Waals surface area (Å²) in [6.07, 6.45) is 4.36. The van der Waals surface area contributed by atoms with Gasteiger partial charge in [0, 0.05) is 28.6 Å². The number of anilines is 1. The quantitative estimate of drug-likeness (QED) is 0.667. The molecule has 1 unspecified atom stereocenters. The molecule has 1 aromatic heterocycles. The fourth-order valence-electron chi connectivity index (χ4n) is 3.31. The van der Waals surface area contributed by atoms with Gasteiger partial charge in [-0.3, -0.25) is 9.59 Å². The van der Waals surface area contributed by atoms with Crippen molar-refractivity contribution < 1.29 is 9.59 Å². The fraction of sp³-hybridized carbons (Fsp3) is 0.450. The predicted octanol–water partition coefficient (Wildman–Crippen LogP) is 4.93. The van der Waals surface area contributed by atoms with Crippen molar-refractivity contribution in [1.82, 2.24) is 9.88 Å². The minimum Gasteiger partial charge on any atom is -0.339 e. The maximum absolute atomic E-state index is 12.4. The van der Waals surface area contributed by atoms with Gasteiger partial charge >= 0.3 is 0 Å². The number of thiazole rings is 1. The highest BCUT2D eigenvalue weighted by Gasteiger charge is 2.25. The fourth-order valence-corrected chi connectivity index (χ4v) is 4.87. The van der Waals surface area contributed by atoms with E-state index in [1.807, 2.05) is 34.5 Å². The monoisotopic (exact) mass is 437 g/mol. The molecule has 1 N–H and O–H groups in total. The number of aromatic nitrogens is 1. The number of amides is 2. The zero-order chi connectivity index (χ0) is 19.9. The van der Waals surface area contributed by atoms with E-state index in [1.54, 1.807) is 0 Å². The number of thioether (sulfide) groups is 1. The molecule has 1 aliphatic heterocycles. The zero-order valence-electron chi connectivity index (χ0n) is 15.8. The van der Waals surface area contributed by atoms with Crippen LogP contribution < -0.4 is 5.32 Å². The van der Waals surface area contributed by atoms with Crippen molar-refractivity contribution in [2.24, 2.45) is 0 Å². The van der Waals surface area contributed by atoms with Crippen molar-refractivity contribution in [3.8, 4) is 11.3 Å². The molecule has 8 heteroatoms. The molecule has 0 spiro atoms. The van der Waals surface area contributed by atoms with Gasteiger partial charge in [-0.25, -0.2) is 4.98 Å². The zero-order valence-corrected chi connectivity index (χ0v) is 18.2. The van der Waals surface area contributed by atoms with Crippen molar-refractivity contribution in [1.29, 1.82) is 0 Å². The summed E-state index contributed by atoms with van der Waals surface area (Å²) in [6, 6.07) is 7.78. The van der Waals surface area contributed by atoms with Gasteiger partial charge in [-0.2, -0.15) is 0 Å². The number of rotatable bonds is 7. The Morgan fingerprint density at radius 3 is 2.82 bits per heavy atom. The van der Waals surface area contributed by atoms with Crippen LogP contribution in [-0.4, -0.2) is 45.8 Å². The maximum Gasteiger partial charge on any atom is 0.236 e. The molecule has 1 atom stereocenters. The van der Waals surface area contributed by atoms with Gasteiger partial charge in [-0.05, 0) is 37.8 Å². The number of carbonyl (C=O) groups excluding carboxylic acids is 2. The highest BCUT2D eigenvalue weighted by Crippen LogP contribution is 2.26. The molecule has 0 saturated carbocycles. The summed E-state index contributed by atoms with van der Waals surface area (Å²) < 4.78 is 0. The SMILES string of the molecule is CCC1CCCCN1C(=O)CSCC(=O)Nc1nc(-c2ccc(Cl)cc2)cs1. The summed E-state index contributed by atoms with van der Waals surface area (Å²) in [5, 5.41) is 5.95. The van der Waals surface area contributed by atoms with E-state index in [-0.39, 0.29) is 17.6 Å². The van der Waals surface area contributed by atoms with Crippen LogP contribution in [0.3, 0.4) is 0 Å². The molecular formula is C20H24ClN3O2S2. The lowest BCUT2D eigenvalue weighted by molar-refractivity contribution is -0.132. The standard InChI is InChI=1S/C20H24ClN3O2S2/c1-2-16-5-3-4-10-24(16)19(26)13-27-12-18(25)23-20-22-17(11-28-20)14-6-8-15(21)9-7-14/h6-9,11,16H,2-5,10,12-13H2,1H3,(H,22,23,25). The van der Waals surface area contributed by atoms with Gasteiger partial charge in [0.15, 0.2) is 5.13 Å². The van der Waals surface area contributed by atoms with E-state index in [0.29, 0.717) is 21.9 Å². The number of benzene rings is 1. The van der Waals surface area contributed by atoms with Gasteiger partial charge in [0.1, 0.15) is 0 Å². The second kappa shape index (κ2) is 10.3. The highest BCUT2D eigenvalue weighted by molar-refractivity contribution is 8.00. The van der Waals surface area contributed by atoms with Crippen LogP contribution in [0.15, 0.2) is 29.6 Å². The van der Waals surface area contributed by atoms with Crippen LogP contribution in [0.25, 0.3) is 11.3 Å². The lowest BCUT2D eigenvalue weighted by Gasteiger charge is -2.35. The summed E-state index contributed by atoms with van der Waals surface area (Å²) in [5.74, 6) is 0.591.